The molecule has 0 atom stereocenters. The molecule has 2 heterocycles. The molecule has 5 rings (SSSR count). The lowest BCUT2D eigenvalue weighted by Gasteiger charge is -2.19. The topological polar surface area (TPSA) is 66.9 Å². The van der Waals surface area contributed by atoms with Gasteiger partial charge in [0.05, 0.1) is 5.69 Å². The number of benzene rings is 2. The van der Waals surface area contributed by atoms with Crippen molar-refractivity contribution in [2.24, 2.45) is 0 Å². The fourth-order valence-corrected chi connectivity index (χ4v) is 4.13. The number of hydrogen-bond donors (Lipinski definition) is 2. The van der Waals surface area contributed by atoms with Crippen molar-refractivity contribution in [1.29, 1.82) is 0 Å². The van der Waals surface area contributed by atoms with Crippen molar-refractivity contribution in [2.75, 3.05) is 10.6 Å². The fraction of sp³-hybridized carbons (Fsp3) is 0.160. The van der Waals surface area contributed by atoms with E-state index in [1.54, 1.807) is 18.3 Å². The molecule has 7 heteroatoms. The summed E-state index contributed by atoms with van der Waals surface area (Å²) < 4.78 is 26.7. The Balaban J connectivity index is 1.37. The summed E-state index contributed by atoms with van der Waals surface area (Å²) in [6, 6.07) is 11.8. The largest absolute Gasteiger partial charge is 0.355 e. The van der Waals surface area contributed by atoms with E-state index in [1.807, 2.05) is 24.4 Å². The average Bonchev–Trinajstić information content (AvgIpc) is 2.79. The van der Waals surface area contributed by atoms with Gasteiger partial charge >= 0.3 is 0 Å². The van der Waals surface area contributed by atoms with Crippen LogP contribution in [0.2, 0.25) is 0 Å². The number of carbonyl (C=O) groups is 1. The van der Waals surface area contributed by atoms with Crippen LogP contribution in [0.4, 0.5) is 25.8 Å². The Kier molecular flexibility index (Phi) is 5.23. The SMILES string of the molecule is O=C(Nc1ccc(Nc2ccnc3ncc4c(c23)CCCC4)cc1)c1cc(F)cc(F)c1. The van der Waals surface area contributed by atoms with E-state index in [0.29, 0.717) is 5.69 Å². The molecule has 0 saturated heterocycles. The van der Waals surface area contributed by atoms with Crippen molar-refractivity contribution in [1.82, 2.24) is 9.97 Å². The smallest absolute Gasteiger partial charge is 0.255 e. The van der Waals surface area contributed by atoms with Crippen molar-refractivity contribution in [3.63, 3.8) is 0 Å². The normalized spacial score (nSPS) is 12.9. The highest BCUT2D eigenvalue weighted by molar-refractivity contribution is 6.04. The number of halogens is 2. The lowest BCUT2D eigenvalue weighted by Crippen LogP contribution is -2.12. The molecule has 0 aliphatic heterocycles. The first-order chi connectivity index (χ1) is 15.6. The number of anilines is 3. The van der Waals surface area contributed by atoms with Crippen molar-refractivity contribution in [2.45, 2.75) is 25.7 Å². The Morgan fingerprint density at radius 2 is 1.59 bits per heavy atom. The van der Waals surface area contributed by atoms with Crippen LogP contribution < -0.4 is 10.6 Å². The van der Waals surface area contributed by atoms with Crippen molar-refractivity contribution < 1.29 is 13.6 Å². The number of aryl methyl sites for hydroxylation is 2. The van der Waals surface area contributed by atoms with Gasteiger partial charge < -0.3 is 10.6 Å². The Morgan fingerprint density at radius 1 is 0.875 bits per heavy atom. The second-order valence-electron chi connectivity index (χ2n) is 7.84. The second-order valence-corrected chi connectivity index (χ2v) is 7.84. The third-order valence-electron chi connectivity index (χ3n) is 5.63. The van der Waals surface area contributed by atoms with Gasteiger partial charge in [-0.05, 0) is 79.3 Å². The van der Waals surface area contributed by atoms with Crippen LogP contribution in [-0.2, 0) is 12.8 Å². The average molecular weight is 430 g/mol. The molecule has 5 nitrogen and oxygen atoms in total. The number of carbonyl (C=O) groups excluding carboxylic acids is 1. The van der Waals surface area contributed by atoms with Crippen LogP contribution in [0.25, 0.3) is 11.0 Å². The Labute approximate surface area is 183 Å². The molecule has 0 bridgehead atoms. The third-order valence-corrected chi connectivity index (χ3v) is 5.63. The van der Waals surface area contributed by atoms with Gasteiger partial charge in [-0.15, -0.1) is 0 Å². The molecular formula is C25H20F2N4O. The van der Waals surface area contributed by atoms with Gasteiger partial charge in [-0.3, -0.25) is 4.79 Å². The summed E-state index contributed by atoms with van der Waals surface area (Å²) >= 11 is 0. The van der Waals surface area contributed by atoms with Gasteiger partial charge in [0.15, 0.2) is 5.65 Å². The third kappa shape index (κ3) is 4.01. The number of nitrogens with zero attached hydrogens (tertiary/aromatic N) is 2. The van der Waals surface area contributed by atoms with E-state index < -0.39 is 17.5 Å². The number of aromatic nitrogens is 2. The standard InChI is InChI=1S/C25H20F2N4O/c26-17-11-16(12-18(27)13-17)25(32)31-20-7-5-19(6-8-20)30-22-9-10-28-24-23(22)21-4-2-1-3-15(21)14-29-24/h5-14H,1-4H2,(H,31,32)(H,28,29,30). The molecule has 0 unspecified atom stereocenters. The maximum atomic E-state index is 13.4. The van der Waals surface area contributed by atoms with Crippen LogP contribution in [0.3, 0.4) is 0 Å². The fourth-order valence-electron chi connectivity index (χ4n) is 4.13. The number of hydrogen-bond acceptors (Lipinski definition) is 4. The lowest BCUT2D eigenvalue weighted by molar-refractivity contribution is 0.102. The molecule has 1 amide bonds. The van der Waals surface area contributed by atoms with Gasteiger partial charge in [0.1, 0.15) is 11.6 Å². The van der Waals surface area contributed by atoms with E-state index in [2.05, 4.69) is 20.6 Å². The molecule has 1 aliphatic carbocycles. The number of pyridine rings is 2. The molecule has 1 aliphatic rings. The number of nitrogens with one attached hydrogen (secondary N) is 2. The van der Waals surface area contributed by atoms with E-state index in [1.165, 1.54) is 17.5 Å². The summed E-state index contributed by atoms with van der Waals surface area (Å²) in [6.45, 7) is 0. The van der Waals surface area contributed by atoms with Crippen LogP contribution in [0.15, 0.2) is 60.9 Å². The summed E-state index contributed by atoms with van der Waals surface area (Å²) in [5.41, 5.74) is 5.53. The summed E-state index contributed by atoms with van der Waals surface area (Å²) in [5.74, 6) is -2.17. The summed E-state index contributed by atoms with van der Waals surface area (Å²) in [7, 11) is 0. The monoisotopic (exact) mass is 430 g/mol. The predicted octanol–water partition coefficient (Wildman–Crippen LogP) is 5.78. The first-order valence-electron chi connectivity index (χ1n) is 10.5. The first-order valence-corrected chi connectivity index (χ1v) is 10.5. The quantitative estimate of drug-likeness (QED) is 0.431. The van der Waals surface area contributed by atoms with Crippen LogP contribution in [-0.4, -0.2) is 15.9 Å². The lowest BCUT2D eigenvalue weighted by atomic mass is 9.90. The number of fused-ring (bicyclic) bond motifs is 3. The predicted molar refractivity (Wildman–Crippen MR) is 120 cm³/mol. The molecule has 2 aromatic carbocycles. The van der Waals surface area contributed by atoms with E-state index in [4.69, 9.17) is 0 Å². The first kappa shape index (κ1) is 20.1. The molecule has 4 aromatic rings. The van der Waals surface area contributed by atoms with Gasteiger partial charge in [-0.1, -0.05) is 0 Å². The van der Waals surface area contributed by atoms with Gasteiger partial charge in [-0.25, -0.2) is 18.7 Å². The highest BCUT2D eigenvalue weighted by atomic mass is 19.1. The molecule has 32 heavy (non-hydrogen) atoms. The van der Waals surface area contributed by atoms with Crippen LogP contribution >= 0.6 is 0 Å². The molecule has 0 radical (unpaired) electrons. The van der Waals surface area contributed by atoms with E-state index in [0.717, 1.165) is 59.9 Å². The molecular weight excluding hydrogens is 410 g/mol. The minimum atomic E-state index is -0.795. The van der Waals surface area contributed by atoms with Gasteiger partial charge in [-0.2, -0.15) is 0 Å². The van der Waals surface area contributed by atoms with Gasteiger partial charge in [0.2, 0.25) is 0 Å². The van der Waals surface area contributed by atoms with Crippen LogP contribution in [0, 0.1) is 11.6 Å². The molecule has 0 spiro atoms. The summed E-state index contributed by atoms with van der Waals surface area (Å²) in [5, 5.41) is 7.14. The van der Waals surface area contributed by atoms with Crippen LogP contribution in [0.1, 0.15) is 34.3 Å². The van der Waals surface area contributed by atoms with Gasteiger partial charge in [0, 0.05) is 40.8 Å². The maximum absolute atomic E-state index is 13.4. The zero-order valence-corrected chi connectivity index (χ0v) is 17.2. The van der Waals surface area contributed by atoms with Crippen molar-refractivity contribution in [3.05, 3.63) is 89.2 Å². The zero-order chi connectivity index (χ0) is 22.1. The van der Waals surface area contributed by atoms with Crippen molar-refractivity contribution in [3.8, 4) is 0 Å². The Morgan fingerprint density at radius 3 is 2.38 bits per heavy atom. The second kappa shape index (κ2) is 8.34. The van der Waals surface area contributed by atoms with E-state index in [-0.39, 0.29) is 5.56 Å². The summed E-state index contributed by atoms with van der Waals surface area (Å²) in [6.07, 6.45) is 8.06. The van der Waals surface area contributed by atoms with E-state index in [9.17, 15) is 13.6 Å². The summed E-state index contributed by atoms with van der Waals surface area (Å²) in [4.78, 5) is 21.3. The van der Waals surface area contributed by atoms with E-state index >= 15 is 0 Å². The molecule has 2 aromatic heterocycles. The maximum Gasteiger partial charge on any atom is 0.255 e. The molecule has 0 saturated carbocycles. The minimum absolute atomic E-state index is 0.0785. The highest BCUT2D eigenvalue weighted by Gasteiger charge is 2.16. The van der Waals surface area contributed by atoms with Crippen LogP contribution in [0.5, 0.6) is 0 Å². The molecule has 160 valence electrons. The molecule has 2 N–H and O–H groups in total. The zero-order valence-electron chi connectivity index (χ0n) is 17.2. The van der Waals surface area contributed by atoms with Gasteiger partial charge in [0.25, 0.3) is 5.91 Å². The highest BCUT2D eigenvalue weighted by Crippen LogP contribution is 2.33. The van der Waals surface area contributed by atoms with Crippen molar-refractivity contribution >= 4 is 34.0 Å². The molecule has 0 fully saturated rings. The Bertz CT molecular complexity index is 1300. The number of amides is 1. The minimum Gasteiger partial charge on any atom is -0.355 e. The Hall–Kier alpha value is -3.87. The number of rotatable bonds is 4.